The van der Waals surface area contributed by atoms with E-state index in [0.29, 0.717) is 13.1 Å². The number of furan rings is 1. The van der Waals surface area contributed by atoms with Gasteiger partial charge in [0.2, 0.25) is 11.8 Å². The molecule has 2 amide bonds. The van der Waals surface area contributed by atoms with Gasteiger partial charge in [-0.15, -0.1) is 0 Å². The largest absolute Gasteiger partial charge is 0.467 e. The number of hydrogen-bond donors (Lipinski definition) is 1. The third-order valence-corrected chi connectivity index (χ3v) is 4.94. The number of rotatable bonds is 9. The SMILES string of the molecule is CCCCC/C(=N\NC(=O)C1CC(=O)N(Cc2ccco2)C1)c1ccccc1. The number of amides is 2. The van der Waals surface area contributed by atoms with Crippen molar-refractivity contribution in [2.75, 3.05) is 6.54 Å². The molecule has 1 atom stereocenters. The lowest BCUT2D eigenvalue weighted by atomic mass is 10.0. The second-order valence-corrected chi connectivity index (χ2v) is 7.11. The first-order valence-corrected chi connectivity index (χ1v) is 9.89. The standard InChI is InChI=1S/C22H27N3O3/c1-2-3-5-12-20(17-9-6-4-7-10-17)23-24-22(27)18-14-21(26)25(15-18)16-19-11-8-13-28-19/h4,6-11,13,18H,2-3,5,12,14-16H2,1H3,(H,24,27)/b23-20+. The van der Waals surface area contributed by atoms with E-state index in [4.69, 9.17) is 4.42 Å². The maximum Gasteiger partial charge on any atom is 0.245 e. The minimum atomic E-state index is -0.390. The van der Waals surface area contributed by atoms with Crippen LogP contribution < -0.4 is 5.43 Å². The Kier molecular flexibility index (Phi) is 7.00. The van der Waals surface area contributed by atoms with Crippen molar-refractivity contribution in [2.24, 2.45) is 11.0 Å². The maximum atomic E-state index is 12.6. The molecule has 0 saturated carbocycles. The Balaban J connectivity index is 1.60. The fraction of sp³-hybridized carbons (Fsp3) is 0.409. The van der Waals surface area contributed by atoms with Gasteiger partial charge in [-0.1, -0.05) is 50.1 Å². The second kappa shape index (κ2) is 9.88. The first kappa shape index (κ1) is 19.9. The monoisotopic (exact) mass is 381 g/mol. The molecule has 6 nitrogen and oxygen atoms in total. The molecule has 2 aromatic rings. The van der Waals surface area contributed by atoms with Crippen molar-refractivity contribution in [1.29, 1.82) is 0 Å². The predicted octanol–water partition coefficient (Wildman–Crippen LogP) is 3.73. The summed E-state index contributed by atoms with van der Waals surface area (Å²) in [4.78, 5) is 26.5. The van der Waals surface area contributed by atoms with Crippen LogP contribution in [0.5, 0.6) is 0 Å². The van der Waals surface area contributed by atoms with Gasteiger partial charge in [-0.3, -0.25) is 9.59 Å². The summed E-state index contributed by atoms with van der Waals surface area (Å²) in [6, 6.07) is 13.5. The molecule has 0 radical (unpaired) electrons. The Morgan fingerprint density at radius 1 is 1.21 bits per heavy atom. The van der Waals surface area contributed by atoms with Crippen molar-refractivity contribution in [3.8, 4) is 0 Å². The van der Waals surface area contributed by atoms with Crippen LogP contribution in [0.2, 0.25) is 0 Å². The number of benzene rings is 1. The molecule has 1 aromatic heterocycles. The third kappa shape index (κ3) is 5.31. The molecule has 1 unspecified atom stereocenters. The summed E-state index contributed by atoms with van der Waals surface area (Å²) >= 11 is 0. The fourth-order valence-electron chi connectivity index (χ4n) is 3.34. The van der Waals surface area contributed by atoms with E-state index in [9.17, 15) is 9.59 Å². The molecule has 0 spiro atoms. The highest BCUT2D eigenvalue weighted by Crippen LogP contribution is 2.20. The average Bonchev–Trinajstić information content (AvgIpc) is 3.35. The number of carbonyl (C=O) groups is 2. The molecule has 0 aliphatic carbocycles. The smallest absolute Gasteiger partial charge is 0.245 e. The predicted molar refractivity (Wildman–Crippen MR) is 107 cm³/mol. The van der Waals surface area contributed by atoms with E-state index in [0.717, 1.165) is 42.7 Å². The number of unbranched alkanes of at least 4 members (excludes halogenated alkanes) is 2. The Labute approximate surface area is 165 Å². The molecule has 28 heavy (non-hydrogen) atoms. The van der Waals surface area contributed by atoms with Crippen molar-refractivity contribution in [2.45, 2.75) is 45.6 Å². The molecule has 1 N–H and O–H groups in total. The molecule has 0 bridgehead atoms. The van der Waals surface area contributed by atoms with E-state index in [1.54, 1.807) is 17.2 Å². The van der Waals surface area contributed by atoms with Gasteiger partial charge in [0, 0.05) is 13.0 Å². The topological polar surface area (TPSA) is 74.9 Å². The number of hydrogen-bond acceptors (Lipinski definition) is 4. The van der Waals surface area contributed by atoms with E-state index in [2.05, 4.69) is 17.5 Å². The highest BCUT2D eigenvalue weighted by Gasteiger charge is 2.34. The van der Waals surface area contributed by atoms with Crippen molar-refractivity contribution in [1.82, 2.24) is 10.3 Å². The number of nitrogens with one attached hydrogen (secondary N) is 1. The van der Waals surface area contributed by atoms with Crippen LogP contribution in [-0.2, 0) is 16.1 Å². The zero-order chi connectivity index (χ0) is 19.8. The minimum absolute atomic E-state index is 0.0354. The van der Waals surface area contributed by atoms with Crippen LogP contribution in [0.15, 0.2) is 58.2 Å². The van der Waals surface area contributed by atoms with Gasteiger partial charge in [0.05, 0.1) is 24.4 Å². The van der Waals surface area contributed by atoms with Crippen LogP contribution >= 0.6 is 0 Å². The number of nitrogens with zero attached hydrogens (tertiary/aromatic N) is 2. The van der Waals surface area contributed by atoms with Gasteiger partial charge in [-0.05, 0) is 30.5 Å². The number of likely N-dealkylation sites (tertiary alicyclic amines) is 1. The molecule has 148 valence electrons. The lowest BCUT2D eigenvalue weighted by Gasteiger charge is -2.14. The van der Waals surface area contributed by atoms with Crippen molar-refractivity contribution in [3.05, 3.63) is 60.1 Å². The van der Waals surface area contributed by atoms with E-state index in [1.165, 1.54) is 0 Å². The van der Waals surface area contributed by atoms with Crippen LogP contribution in [0.25, 0.3) is 0 Å². The van der Waals surface area contributed by atoms with E-state index in [-0.39, 0.29) is 24.2 Å². The Morgan fingerprint density at radius 3 is 2.75 bits per heavy atom. The molecule has 1 saturated heterocycles. The van der Waals surface area contributed by atoms with Gasteiger partial charge < -0.3 is 9.32 Å². The molecule has 1 aromatic carbocycles. The third-order valence-electron chi connectivity index (χ3n) is 4.94. The molecular formula is C22H27N3O3. The van der Waals surface area contributed by atoms with Crippen molar-refractivity contribution >= 4 is 17.5 Å². The van der Waals surface area contributed by atoms with Crippen LogP contribution in [0.1, 0.15) is 50.4 Å². The fourth-order valence-corrected chi connectivity index (χ4v) is 3.34. The lowest BCUT2D eigenvalue weighted by molar-refractivity contribution is -0.129. The zero-order valence-corrected chi connectivity index (χ0v) is 16.3. The van der Waals surface area contributed by atoms with Gasteiger partial charge in [0.15, 0.2) is 0 Å². The van der Waals surface area contributed by atoms with Crippen LogP contribution in [-0.4, -0.2) is 29.0 Å². The molecule has 1 aliphatic rings. The number of carbonyl (C=O) groups excluding carboxylic acids is 2. The van der Waals surface area contributed by atoms with Crippen LogP contribution in [0, 0.1) is 5.92 Å². The van der Waals surface area contributed by atoms with Crippen LogP contribution in [0.4, 0.5) is 0 Å². The quantitative estimate of drug-likeness (QED) is 0.409. The number of hydrazone groups is 1. The van der Waals surface area contributed by atoms with Crippen molar-refractivity contribution < 1.29 is 14.0 Å². The van der Waals surface area contributed by atoms with E-state index in [1.807, 2.05) is 36.4 Å². The Morgan fingerprint density at radius 2 is 2.04 bits per heavy atom. The van der Waals surface area contributed by atoms with Gasteiger partial charge >= 0.3 is 0 Å². The van der Waals surface area contributed by atoms with E-state index >= 15 is 0 Å². The summed E-state index contributed by atoms with van der Waals surface area (Å²) in [5, 5.41) is 4.40. The second-order valence-electron chi connectivity index (χ2n) is 7.11. The summed E-state index contributed by atoms with van der Waals surface area (Å²) in [5.74, 6) is 0.0829. The molecular weight excluding hydrogens is 354 g/mol. The van der Waals surface area contributed by atoms with Crippen molar-refractivity contribution in [3.63, 3.8) is 0 Å². The molecule has 2 heterocycles. The zero-order valence-electron chi connectivity index (χ0n) is 16.3. The van der Waals surface area contributed by atoms with Gasteiger partial charge in [-0.2, -0.15) is 5.10 Å². The Bertz CT molecular complexity index is 800. The molecule has 3 rings (SSSR count). The summed E-state index contributed by atoms with van der Waals surface area (Å²) in [6.45, 7) is 2.94. The highest BCUT2D eigenvalue weighted by molar-refractivity contribution is 6.01. The molecule has 1 fully saturated rings. The summed E-state index contributed by atoms with van der Waals surface area (Å²) in [6.07, 6.45) is 5.88. The summed E-state index contributed by atoms with van der Waals surface area (Å²) < 4.78 is 5.30. The summed E-state index contributed by atoms with van der Waals surface area (Å²) in [7, 11) is 0. The van der Waals surface area contributed by atoms with Crippen LogP contribution in [0.3, 0.4) is 0 Å². The Hall–Kier alpha value is -2.89. The first-order valence-electron chi connectivity index (χ1n) is 9.89. The highest BCUT2D eigenvalue weighted by atomic mass is 16.3. The van der Waals surface area contributed by atoms with Gasteiger partial charge in [0.25, 0.3) is 0 Å². The average molecular weight is 381 g/mol. The first-order chi connectivity index (χ1) is 13.7. The van der Waals surface area contributed by atoms with Gasteiger partial charge in [0.1, 0.15) is 5.76 Å². The summed E-state index contributed by atoms with van der Waals surface area (Å²) in [5.41, 5.74) is 4.59. The normalized spacial score (nSPS) is 17.2. The maximum absolute atomic E-state index is 12.6. The van der Waals surface area contributed by atoms with Gasteiger partial charge in [-0.25, -0.2) is 5.43 Å². The molecule has 6 heteroatoms. The molecule has 1 aliphatic heterocycles. The minimum Gasteiger partial charge on any atom is -0.467 e. The lowest BCUT2D eigenvalue weighted by Crippen LogP contribution is -2.30. The van der Waals surface area contributed by atoms with E-state index < -0.39 is 0 Å².